The molecule has 0 amide bonds. The SMILES string of the molecule is COCCCC(N)CNCc1csc(=O)[nH]1. The van der Waals surface area contributed by atoms with Crippen LogP contribution in [-0.4, -0.2) is 31.3 Å². The molecule has 16 heavy (non-hydrogen) atoms. The van der Waals surface area contributed by atoms with Crippen molar-refractivity contribution >= 4 is 11.3 Å². The van der Waals surface area contributed by atoms with Gasteiger partial charge >= 0.3 is 4.87 Å². The number of hydrogen-bond donors (Lipinski definition) is 3. The minimum absolute atomic E-state index is 0.0128. The van der Waals surface area contributed by atoms with Gasteiger partial charge in [0.15, 0.2) is 0 Å². The molecule has 0 saturated carbocycles. The van der Waals surface area contributed by atoms with Gasteiger partial charge in [-0.05, 0) is 12.8 Å². The molecule has 1 aromatic heterocycles. The zero-order valence-corrected chi connectivity index (χ0v) is 10.3. The Bertz CT molecular complexity index is 337. The summed E-state index contributed by atoms with van der Waals surface area (Å²) in [6.45, 7) is 2.17. The van der Waals surface area contributed by atoms with Gasteiger partial charge in [-0.3, -0.25) is 4.79 Å². The third kappa shape index (κ3) is 5.41. The summed E-state index contributed by atoms with van der Waals surface area (Å²) in [5, 5.41) is 5.04. The van der Waals surface area contributed by atoms with Crippen LogP contribution in [0.2, 0.25) is 0 Å². The van der Waals surface area contributed by atoms with Gasteiger partial charge in [-0.2, -0.15) is 0 Å². The largest absolute Gasteiger partial charge is 0.385 e. The van der Waals surface area contributed by atoms with Gasteiger partial charge in [0.2, 0.25) is 0 Å². The highest BCUT2D eigenvalue weighted by Crippen LogP contribution is 1.96. The summed E-state index contributed by atoms with van der Waals surface area (Å²) in [6, 6.07) is 0.139. The van der Waals surface area contributed by atoms with E-state index in [1.165, 1.54) is 11.3 Å². The van der Waals surface area contributed by atoms with Crippen molar-refractivity contribution in [2.75, 3.05) is 20.3 Å². The van der Waals surface area contributed by atoms with E-state index in [2.05, 4.69) is 10.3 Å². The van der Waals surface area contributed by atoms with Gasteiger partial charge in [0, 0.05) is 43.9 Å². The highest BCUT2D eigenvalue weighted by molar-refractivity contribution is 7.07. The maximum Gasteiger partial charge on any atom is 0.304 e. The molecule has 0 aliphatic heterocycles. The summed E-state index contributed by atoms with van der Waals surface area (Å²) in [5.74, 6) is 0. The molecule has 4 N–H and O–H groups in total. The molecule has 0 fully saturated rings. The van der Waals surface area contributed by atoms with Gasteiger partial charge in [0.05, 0.1) is 0 Å². The fourth-order valence-corrected chi connectivity index (χ4v) is 1.97. The number of nitrogens with one attached hydrogen (secondary N) is 2. The third-order valence-electron chi connectivity index (χ3n) is 2.22. The van der Waals surface area contributed by atoms with E-state index in [1.54, 1.807) is 7.11 Å². The fraction of sp³-hybridized carbons (Fsp3) is 0.700. The molecule has 0 radical (unpaired) electrons. The highest BCUT2D eigenvalue weighted by atomic mass is 32.1. The monoisotopic (exact) mass is 245 g/mol. The summed E-state index contributed by atoms with van der Waals surface area (Å²) < 4.78 is 4.95. The zero-order chi connectivity index (χ0) is 11.8. The Hall–Kier alpha value is -0.690. The van der Waals surface area contributed by atoms with Gasteiger partial charge in [0.25, 0.3) is 0 Å². The smallest absolute Gasteiger partial charge is 0.304 e. The molecule has 0 aliphatic rings. The van der Waals surface area contributed by atoms with Crippen LogP contribution in [-0.2, 0) is 11.3 Å². The maximum atomic E-state index is 10.9. The second kappa shape index (κ2) is 7.56. The van der Waals surface area contributed by atoms with Crippen LogP contribution in [0.1, 0.15) is 18.5 Å². The molecular weight excluding hydrogens is 226 g/mol. The molecule has 1 aromatic rings. The third-order valence-corrected chi connectivity index (χ3v) is 2.93. The maximum absolute atomic E-state index is 10.9. The molecule has 0 saturated heterocycles. The fourth-order valence-electron chi connectivity index (χ4n) is 1.38. The van der Waals surface area contributed by atoms with Crippen molar-refractivity contribution in [1.29, 1.82) is 0 Å². The second-order valence-corrected chi connectivity index (χ2v) is 4.54. The van der Waals surface area contributed by atoms with Gasteiger partial charge in [-0.1, -0.05) is 11.3 Å². The number of nitrogens with two attached hydrogens (primary N) is 1. The Kier molecular flexibility index (Phi) is 6.32. The molecule has 6 heteroatoms. The predicted molar refractivity (Wildman–Crippen MR) is 65.7 cm³/mol. The Balaban J connectivity index is 2.08. The van der Waals surface area contributed by atoms with Crippen molar-refractivity contribution in [3.8, 4) is 0 Å². The number of thiazole rings is 1. The first-order valence-electron chi connectivity index (χ1n) is 5.34. The van der Waals surface area contributed by atoms with Crippen molar-refractivity contribution in [3.63, 3.8) is 0 Å². The summed E-state index contributed by atoms with van der Waals surface area (Å²) in [5.41, 5.74) is 6.81. The molecule has 5 nitrogen and oxygen atoms in total. The van der Waals surface area contributed by atoms with Crippen molar-refractivity contribution in [1.82, 2.24) is 10.3 Å². The van der Waals surface area contributed by atoms with Gasteiger partial charge in [-0.25, -0.2) is 0 Å². The lowest BCUT2D eigenvalue weighted by atomic mass is 10.2. The van der Waals surface area contributed by atoms with Crippen LogP contribution in [0.15, 0.2) is 10.2 Å². The van der Waals surface area contributed by atoms with E-state index < -0.39 is 0 Å². The standard InChI is InChI=1S/C10H19N3O2S/c1-15-4-2-3-8(11)5-12-6-9-7-16-10(14)13-9/h7-8,12H,2-6,11H2,1H3,(H,13,14). The van der Waals surface area contributed by atoms with Crippen LogP contribution in [0.5, 0.6) is 0 Å². The number of aromatic nitrogens is 1. The molecule has 1 atom stereocenters. The lowest BCUT2D eigenvalue weighted by molar-refractivity contribution is 0.190. The van der Waals surface area contributed by atoms with E-state index in [4.69, 9.17) is 10.5 Å². The number of H-pyrrole nitrogens is 1. The first kappa shape index (κ1) is 13.4. The van der Waals surface area contributed by atoms with E-state index in [-0.39, 0.29) is 10.9 Å². The highest BCUT2D eigenvalue weighted by Gasteiger charge is 2.02. The van der Waals surface area contributed by atoms with Crippen molar-refractivity contribution in [3.05, 3.63) is 20.7 Å². The lowest BCUT2D eigenvalue weighted by Gasteiger charge is -2.11. The van der Waals surface area contributed by atoms with Gasteiger partial charge in [-0.15, -0.1) is 0 Å². The normalized spacial score (nSPS) is 12.9. The minimum Gasteiger partial charge on any atom is -0.385 e. The van der Waals surface area contributed by atoms with Crippen molar-refractivity contribution in [2.24, 2.45) is 5.73 Å². The lowest BCUT2D eigenvalue weighted by Crippen LogP contribution is -2.33. The van der Waals surface area contributed by atoms with Crippen LogP contribution >= 0.6 is 11.3 Å². The van der Waals surface area contributed by atoms with Crippen LogP contribution in [0.3, 0.4) is 0 Å². The average Bonchev–Trinajstić information content (AvgIpc) is 2.65. The van der Waals surface area contributed by atoms with Crippen LogP contribution in [0.25, 0.3) is 0 Å². The van der Waals surface area contributed by atoms with E-state index in [9.17, 15) is 4.79 Å². The van der Waals surface area contributed by atoms with Crippen LogP contribution < -0.4 is 15.9 Å². The summed E-state index contributed by atoms with van der Waals surface area (Å²) in [4.78, 5) is 13.6. The van der Waals surface area contributed by atoms with Gasteiger partial charge in [0.1, 0.15) is 0 Å². The van der Waals surface area contributed by atoms with Crippen molar-refractivity contribution in [2.45, 2.75) is 25.4 Å². The van der Waals surface area contributed by atoms with E-state index in [0.29, 0.717) is 6.54 Å². The summed E-state index contributed by atoms with van der Waals surface area (Å²) >= 11 is 1.18. The molecule has 0 spiro atoms. The number of ether oxygens (including phenoxy) is 1. The molecule has 0 aliphatic carbocycles. The molecule has 0 aromatic carbocycles. The molecule has 1 unspecified atom stereocenters. The topological polar surface area (TPSA) is 80.1 Å². The molecule has 1 heterocycles. The number of hydrogen-bond acceptors (Lipinski definition) is 5. The van der Waals surface area contributed by atoms with Crippen molar-refractivity contribution < 1.29 is 4.74 Å². The zero-order valence-electron chi connectivity index (χ0n) is 9.49. The molecule has 1 rings (SSSR count). The molecular formula is C10H19N3O2S. The first-order valence-corrected chi connectivity index (χ1v) is 6.22. The Morgan fingerprint density at radius 3 is 3.12 bits per heavy atom. The van der Waals surface area contributed by atoms with Gasteiger partial charge < -0.3 is 20.8 Å². The quantitative estimate of drug-likeness (QED) is 0.575. The Labute approximate surface area is 99.0 Å². The Morgan fingerprint density at radius 1 is 1.69 bits per heavy atom. The summed E-state index contributed by atoms with van der Waals surface area (Å²) in [7, 11) is 1.69. The minimum atomic E-state index is -0.0128. The number of methoxy groups -OCH3 is 1. The predicted octanol–water partition coefficient (Wildman–Crippen LogP) is 0.280. The molecule has 0 bridgehead atoms. The van der Waals surface area contributed by atoms with Crippen LogP contribution in [0.4, 0.5) is 0 Å². The number of rotatable bonds is 8. The average molecular weight is 245 g/mol. The Morgan fingerprint density at radius 2 is 2.50 bits per heavy atom. The second-order valence-electron chi connectivity index (χ2n) is 3.70. The van der Waals surface area contributed by atoms with E-state index in [1.807, 2.05) is 5.38 Å². The van der Waals surface area contributed by atoms with E-state index in [0.717, 1.165) is 31.7 Å². The van der Waals surface area contributed by atoms with Crippen LogP contribution in [0, 0.1) is 0 Å². The first-order chi connectivity index (χ1) is 7.72. The number of aromatic amines is 1. The molecule has 92 valence electrons. The summed E-state index contributed by atoms with van der Waals surface area (Å²) in [6.07, 6.45) is 1.93. The van der Waals surface area contributed by atoms with E-state index >= 15 is 0 Å².